The van der Waals surface area contributed by atoms with Gasteiger partial charge in [0.25, 0.3) is 11.8 Å². The molecule has 2 saturated heterocycles. The quantitative estimate of drug-likeness (QED) is 0.289. The number of halogens is 1. The minimum Gasteiger partial charge on any atom is -0.379 e. The van der Waals surface area contributed by atoms with Gasteiger partial charge in [0.05, 0.1) is 18.8 Å². The number of ether oxygens (including phenoxy) is 1. The monoisotopic (exact) mass is 618 g/mol. The lowest BCUT2D eigenvalue weighted by molar-refractivity contribution is 0.0374. The van der Waals surface area contributed by atoms with Gasteiger partial charge in [-0.05, 0) is 86.2 Å². The Balaban J connectivity index is 1.25. The molecule has 216 valence electrons. The summed E-state index contributed by atoms with van der Waals surface area (Å²) in [5, 5.41) is 6.11. The molecule has 2 N–H and O–H groups in total. The molecule has 0 radical (unpaired) electrons. The first kappa shape index (κ1) is 29.3. The minimum atomic E-state index is -0.205. The van der Waals surface area contributed by atoms with Crippen molar-refractivity contribution in [2.24, 2.45) is 5.92 Å². The van der Waals surface area contributed by atoms with Crippen molar-refractivity contribution in [1.82, 2.24) is 10.2 Å². The van der Waals surface area contributed by atoms with E-state index < -0.39 is 0 Å². The number of carbonyl (C=O) groups is 2. The minimum absolute atomic E-state index is 0.104. The third-order valence-corrected chi connectivity index (χ3v) is 8.50. The van der Waals surface area contributed by atoms with E-state index in [1.54, 1.807) is 12.1 Å². The van der Waals surface area contributed by atoms with Gasteiger partial charge in [-0.2, -0.15) is 0 Å². The summed E-state index contributed by atoms with van der Waals surface area (Å²) in [6, 6.07) is 23.6. The Hall–Kier alpha value is -3.20. The van der Waals surface area contributed by atoms with Crippen molar-refractivity contribution in [2.45, 2.75) is 25.7 Å². The smallest absolute Gasteiger partial charge is 0.255 e. The van der Waals surface area contributed by atoms with Crippen LogP contribution in [0.5, 0.6) is 0 Å². The van der Waals surface area contributed by atoms with Crippen molar-refractivity contribution < 1.29 is 14.3 Å². The number of morpholine rings is 1. The number of benzene rings is 3. The molecule has 2 amide bonds. The molecule has 3 aromatic carbocycles. The van der Waals surface area contributed by atoms with Crippen LogP contribution in [0, 0.1) is 5.92 Å². The standard InChI is InChI=1S/C33H39BrN4O3/c34-28-9-7-27(8-10-28)32(39)36-29-11-12-31(38-17-13-26(14-18-38)23-25-5-2-1-3-6-25)30(24-29)33(40)35-15-4-16-37-19-21-41-22-20-37/h1-3,5-12,24,26H,4,13-23H2,(H,35,40)(H,36,39). The van der Waals surface area contributed by atoms with Crippen LogP contribution in [0.25, 0.3) is 0 Å². The number of anilines is 2. The highest BCUT2D eigenvalue weighted by atomic mass is 79.9. The van der Waals surface area contributed by atoms with Gasteiger partial charge in [-0.3, -0.25) is 14.5 Å². The molecule has 2 aliphatic rings. The second-order valence-corrected chi connectivity index (χ2v) is 11.8. The van der Waals surface area contributed by atoms with Crippen molar-refractivity contribution in [2.75, 3.05) is 62.7 Å². The van der Waals surface area contributed by atoms with Gasteiger partial charge >= 0.3 is 0 Å². The van der Waals surface area contributed by atoms with E-state index in [2.05, 4.69) is 66.7 Å². The SMILES string of the molecule is O=C(Nc1ccc(N2CCC(Cc3ccccc3)CC2)c(C(=O)NCCCN2CCOCC2)c1)c1ccc(Br)cc1. The number of nitrogens with zero attached hydrogens (tertiary/aromatic N) is 2. The largest absolute Gasteiger partial charge is 0.379 e. The van der Waals surface area contributed by atoms with Crippen molar-refractivity contribution in [3.63, 3.8) is 0 Å². The second kappa shape index (κ2) is 14.6. The first-order valence-corrected chi connectivity index (χ1v) is 15.4. The first-order chi connectivity index (χ1) is 20.0. The van der Waals surface area contributed by atoms with Crippen LogP contribution in [0.4, 0.5) is 11.4 Å². The molecule has 0 spiro atoms. The van der Waals surface area contributed by atoms with E-state index >= 15 is 0 Å². The summed E-state index contributed by atoms with van der Waals surface area (Å²) < 4.78 is 6.35. The molecule has 2 aliphatic heterocycles. The Bertz CT molecular complexity index is 1290. The molecule has 41 heavy (non-hydrogen) atoms. The number of rotatable bonds is 10. The fraction of sp³-hybridized carbons (Fsp3) is 0.394. The topological polar surface area (TPSA) is 73.9 Å². The summed E-state index contributed by atoms with van der Waals surface area (Å²) >= 11 is 3.41. The summed E-state index contributed by atoms with van der Waals surface area (Å²) in [5.41, 5.74) is 4.09. The normalized spacial score (nSPS) is 16.4. The molecule has 7 nitrogen and oxygen atoms in total. The Labute approximate surface area is 251 Å². The molecule has 0 bridgehead atoms. The molecular weight excluding hydrogens is 580 g/mol. The lowest BCUT2D eigenvalue weighted by Gasteiger charge is -2.35. The number of amides is 2. The van der Waals surface area contributed by atoms with E-state index in [4.69, 9.17) is 4.74 Å². The van der Waals surface area contributed by atoms with Gasteiger partial charge in [0.2, 0.25) is 0 Å². The number of hydrogen-bond donors (Lipinski definition) is 2. The fourth-order valence-electron chi connectivity index (χ4n) is 5.63. The Kier molecular flexibility index (Phi) is 10.4. The van der Waals surface area contributed by atoms with Crippen LogP contribution in [0.15, 0.2) is 77.3 Å². The van der Waals surface area contributed by atoms with E-state index in [9.17, 15) is 9.59 Å². The van der Waals surface area contributed by atoms with Gasteiger partial charge in [-0.1, -0.05) is 46.3 Å². The fourth-order valence-corrected chi connectivity index (χ4v) is 5.89. The molecule has 0 aliphatic carbocycles. The maximum atomic E-state index is 13.5. The first-order valence-electron chi connectivity index (χ1n) is 14.6. The van der Waals surface area contributed by atoms with E-state index in [1.165, 1.54) is 5.56 Å². The summed E-state index contributed by atoms with van der Waals surface area (Å²) in [7, 11) is 0. The van der Waals surface area contributed by atoms with Crippen molar-refractivity contribution in [3.05, 3.63) is 94.0 Å². The van der Waals surface area contributed by atoms with E-state index in [0.717, 1.165) is 81.8 Å². The average molecular weight is 620 g/mol. The van der Waals surface area contributed by atoms with Crippen molar-refractivity contribution in [1.29, 1.82) is 0 Å². The molecule has 0 atom stereocenters. The van der Waals surface area contributed by atoms with Crippen LogP contribution in [0.2, 0.25) is 0 Å². The van der Waals surface area contributed by atoms with Gasteiger partial charge in [0.15, 0.2) is 0 Å². The number of hydrogen-bond acceptors (Lipinski definition) is 5. The maximum absolute atomic E-state index is 13.5. The summed E-state index contributed by atoms with van der Waals surface area (Å²) in [4.78, 5) is 31.1. The number of piperidine rings is 1. The van der Waals surface area contributed by atoms with Crippen LogP contribution < -0.4 is 15.5 Å². The zero-order valence-electron chi connectivity index (χ0n) is 23.5. The highest BCUT2D eigenvalue weighted by Gasteiger charge is 2.24. The van der Waals surface area contributed by atoms with Crippen LogP contribution in [-0.4, -0.2) is 69.2 Å². The molecule has 0 saturated carbocycles. The molecule has 2 heterocycles. The number of nitrogens with one attached hydrogen (secondary N) is 2. The highest BCUT2D eigenvalue weighted by molar-refractivity contribution is 9.10. The third kappa shape index (κ3) is 8.41. The van der Waals surface area contributed by atoms with Gasteiger partial charge in [0.1, 0.15) is 0 Å². The summed E-state index contributed by atoms with van der Waals surface area (Å²) in [6.45, 7) is 6.78. The van der Waals surface area contributed by atoms with Gasteiger partial charge < -0.3 is 20.3 Å². The third-order valence-electron chi connectivity index (χ3n) is 7.97. The van der Waals surface area contributed by atoms with E-state index in [1.807, 2.05) is 30.3 Å². The van der Waals surface area contributed by atoms with Crippen LogP contribution in [-0.2, 0) is 11.2 Å². The molecule has 0 unspecified atom stereocenters. The van der Waals surface area contributed by atoms with Crippen molar-refractivity contribution in [3.8, 4) is 0 Å². The zero-order valence-corrected chi connectivity index (χ0v) is 25.1. The maximum Gasteiger partial charge on any atom is 0.255 e. The highest BCUT2D eigenvalue weighted by Crippen LogP contribution is 2.30. The summed E-state index contributed by atoms with van der Waals surface area (Å²) in [5.74, 6) is 0.326. The molecule has 2 fully saturated rings. The predicted molar refractivity (Wildman–Crippen MR) is 168 cm³/mol. The summed E-state index contributed by atoms with van der Waals surface area (Å²) in [6.07, 6.45) is 4.13. The molecule has 5 rings (SSSR count). The van der Waals surface area contributed by atoms with Crippen molar-refractivity contribution >= 4 is 39.1 Å². The van der Waals surface area contributed by atoms with Gasteiger partial charge in [-0.25, -0.2) is 0 Å². The zero-order chi connectivity index (χ0) is 28.4. The second-order valence-electron chi connectivity index (χ2n) is 10.9. The predicted octanol–water partition coefficient (Wildman–Crippen LogP) is 5.61. The Morgan fingerprint density at radius 3 is 2.34 bits per heavy atom. The Morgan fingerprint density at radius 2 is 1.61 bits per heavy atom. The van der Waals surface area contributed by atoms with Crippen LogP contribution in [0.1, 0.15) is 45.5 Å². The lowest BCUT2D eigenvalue weighted by Crippen LogP contribution is -2.38. The number of carbonyl (C=O) groups excluding carboxylic acids is 2. The molecular formula is C33H39BrN4O3. The van der Waals surface area contributed by atoms with E-state index in [0.29, 0.717) is 29.3 Å². The Morgan fingerprint density at radius 1 is 0.878 bits per heavy atom. The van der Waals surface area contributed by atoms with Gasteiger partial charge in [-0.15, -0.1) is 0 Å². The van der Waals surface area contributed by atoms with E-state index in [-0.39, 0.29) is 11.8 Å². The molecule has 8 heteroatoms. The van der Waals surface area contributed by atoms with Crippen LogP contribution in [0.3, 0.4) is 0 Å². The average Bonchev–Trinajstić information content (AvgIpc) is 3.01. The van der Waals surface area contributed by atoms with Crippen LogP contribution >= 0.6 is 15.9 Å². The molecule has 0 aromatic heterocycles. The van der Waals surface area contributed by atoms with Gasteiger partial charge in [0, 0.05) is 54.1 Å². The molecule has 3 aromatic rings. The lowest BCUT2D eigenvalue weighted by atomic mass is 9.89.